The Morgan fingerprint density at radius 3 is 0.780 bits per heavy atom. The van der Waals surface area contributed by atoms with E-state index in [4.69, 9.17) is 37.0 Å². The molecule has 19 heteroatoms. The number of aliphatic hydroxyl groups excluding tert-OH is 1. The van der Waals surface area contributed by atoms with Gasteiger partial charge in [-0.2, -0.15) is 0 Å². The number of ether oxygens (including phenoxy) is 4. The fourth-order valence-electron chi connectivity index (χ4n) is 10.8. The number of hydrogen-bond donors (Lipinski definition) is 3. The smallest absolute Gasteiger partial charge is 0.462 e. The highest BCUT2D eigenvalue weighted by molar-refractivity contribution is 7.47. The zero-order valence-corrected chi connectivity index (χ0v) is 61.3. The van der Waals surface area contributed by atoms with Gasteiger partial charge in [0.1, 0.15) is 19.3 Å². The Bertz CT molecular complexity index is 1800. The molecular weight excluding hydrogens is 1200 g/mol. The molecule has 0 spiro atoms. The highest BCUT2D eigenvalue weighted by Gasteiger charge is 2.30. The predicted molar refractivity (Wildman–Crippen MR) is 367 cm³/mol. The van der Waals surface area contributed by atoms with Crippen LogP contribution in [0.25, 0.3) is 0 Å². The maximum absolute atomic E-state index is 13.0. The lowest BCUT2D eigenvalue weighted by Gasteiger charge is -2.21. The minimum atomic E-state index is -4.95. The van der Waals surface area contributed by atoms with Gasteiger partial charge in [-0.15, -0.1) is 0 Å². The third-order valence-electron chi connectivity index (χ3n) is 16.9. The first kappa shape index (κ1) is 89.1. The van der Waals surface area contributed by atoms with Crippen LogP contribution in [0.5, 0.6) is 0 Å². The van der Waals surface area contributed by atoms with Crippen LogP contribution in [0.2, 0.25) is 0 Å². The van der Waals surface area contributed by atoms with Crippen molar-refractivity contribution in [2.75, 3.05) is 39.6 Å². The molecule has 0 saturated carbocycles. The van der Waals surface area contributed by atoms with Crippen LogP contribution in [0.3, 0.4) is 0 Å². The number of phosphoric acid groups is 2. The van der Waals surface area contributed by atoms with E-state index in [1.54, 1.807) is 0 Å². The molecule has 4 unspecified atom stereocenters. The lowest BCUT2D eigenvalue weighted by atomic mass is 10.00. The van der Waals surface area contributed by atoms with Gasteiger partial charge in [0.25, 0.3) is 0 Å². The Labute approximate surface area is 556 Å². The molecule has 3 N–H and O–H groups in total. The molecule has 0 aliphatic carbocycles. The monoisotopic (exact) mass is 1340 g/mol. The minimum Gasteiger partial charge on any atom is -0.462 e. The van der Waals surface area contributed by atoms with Crippen molar-refractivity contribution in [3.8, 4) is 0 Å². The molecule has 540 valence electrons. The molecule has 0 radical (unpaired) electrons. The zero-order chi connectivity index (χ0) is 67.5. The Morgan fingerprint density at radius 2 is 0.527 bits per heavy atom. The summed E-state index contributed by atoms with van der Waals surface area (Å²) in [5.41, 5.74) is 0. The van der Waals surface area contributed by atoms with E-state index in [0.717, 1.165) is 120 Å². The van der Waals surface area contributed by atoms with Gasteiger partial charge in [-0.05, 0) is 49.4 Å². The largest absolute Gasteiger partial charge is 0.472 e. The van der Waals surface area contributed by atoms with Crippen LogP contribution in [-0.2, 0) is 65.4 Å². The first-order chi connectivity index (χ1) is 43.6. The molecule has 0 amide bonds. The molecule has 0 aliphatic rings. The Hall–Kier alpha value is -1.94. The molecule has 0 heterocycles. The fourth-order valence-corrected chi connectivity index (χ4v) is 12.4. The molecule has 0 aromatic rings. The van der Waals surface area contributed by atoms with E-state index in [-0.39, 0.29) is 25.7 Å². The summed E-state index contributed by atoms with van der Waals surface area (Å²) in [6, 6.07) is 0. The average molecular weight is 1340 g/mol. The summed E-state index contributed by atoms with van der Waals surface area (Å²) >= 11 is 0. The summed E-state index contributed by atoms with van der Waals surface area (Å²) in [6.45, 7) is 14.1. The van der Waals surface area contributed by atoms with Gasteiger partial charge in [0, 0.05) is 25.7 Å². The molecule has 0 aliphatic heterocycles. The van der Waals surface area contributed by atoms with Gasteiger partial charge in [-0.3, -0.25) is 37.3 Å². The quantitative estimate of drug-likeness (QED) is 0.0222. The summed E-state index contributed by atoms with van der Waals surface area (Å²) in [7, 11) is -9.91. The minimum absolute atomic E-state index is 0.105. The Morgan fingerprint density at radius 1 is 0.308 bits per heavy atom. The van der Waals surface area contributed by atoms with Crippen LogP contribution in [-0.4, -0.2) is 96.7 Å². The van der Waals surface area contributed by atoms with Crippen LogP contribution in [0.1, 0.15) is 357 Å². The number of carbonyl (C=O) groups is 4. The molecule has 0 aromatic heterocycles. The number of rotatable bonds is 69. The summed E-state index contributed by atoms with van der Waals surface area (Å²) in [5.74, 6) is 0.862. The van der Waals surface area contributed by atoms with Gasteiger partial charge in [-0.1, -0.05) is 306 Å². The zero-order valence-electron chi connectivity index (χ0n) is 59.5. The maximum Gasteiger partial charge on any atom is 0.472 e. The van der Waals surface area contributed by atoms with Crippen LogP contribution < -0.4 is 0 Å². The van der Waals surface area contributed by atoms with Crippen molar-refractivity contribution in [1.82, 2.24) is 0 Å². The number of esters is 4. The molecule has 0 rings (SSSR count). The molecule has 6 atom stereocenters. The van der Waals surface area contributed by atoms with Gasteiger partial charge < -0.3 is 33.8 Å². The molecule has 0 saturated heterocycles. The number of unbranched alkanes of at least 4 members (excludes halogenated alkanes) is 34. The van der Waals surface area contributed by atoms with Gasteiger partial charge in [0.2, 0.25) is 0 Å². The van der Waals surface area contributed by atoms with E-state index in [2.05, 4.69) is 55.4 Å². The second kappa shape index (κ2) is 61.6. The van der Waals surface area contributed by atoms with E-state index in [1.165, 1.54) is 148 Å². The third kappa shape index (κ3) is 65.1. The van der Waals surface area contributed by atoms with Crippen LogP contribution in [0, 0.1) is 23.7 Å². The highest BCUT2D eigenvalue weighted by atomic mass is 31.2. The highest BCUT2D eigenvalue weighted by Crippen LogP contribution is 2.45. The number of phosphoric ester groups is 2. The first-order valence-corrected chi connectivity index (χ1v) is 40.2. The van der Waals surface area contributed by atoms with E-state index in [1.807, 2.05) is 0 Å². The lowest BCUT2D eigenvalue weighted by Crippen LogP contribution is -2.30. The lowest BCUT2D eigenvalue weighted by molar-refractivity contribution is -0.161. The van der Waals surface area contributed by atoms with Crippen LogP contribution >= 0.6 is 15.6 Å². The second-order valence-corrected chi connectivity index (χ2v) is 30.6. The van der Waals surface area contributed by atoms with Gasteiger partial charge in [0.05, 0.1) is 26.4 Å². The normalized spacial score (nSPS) is 14.5. The van der Waals surface area contributed by atoms with Crippen molar-refractivity contribution < 1.29 is 80.2 Å². The molecule has 17 nitrogen and oxygen atoms in total. The van der Waals surface area contributed by atoms with Crippen molar-refractivity contribution in [2.45, 2.75) is 375 Å². The fraction of sp³-hybridized carbons (Fsp3) is 0.944. The van der Waals surface area contributed by atoms with E-state index < -0.39 is 97.5 Å². The van der Waals surface area contributed by atoms with Gasteiger partial charge in [-0.25, -0.2) is 9.13 Å². The van der Waals surface area contributed by atoms with Crippen molar-refractivity contribution in [2.24, 2.45) is 23.7 Å². The SMILES string of the molecule is CCC(C)CCCCCCCCC(=O)OC[C@H](COP(=O)(O)OCC(O)COP(=O)(O)OC[C@@H](COC(=O)CCCCCCCCCC(C)C)OC(=O)CCCCCCCCCCCCC(C)C)OC(=O)CCCCCCCCCCCCCCCCCC(C)C. The van der Waals surface area contributed by atoms with Crippen LogP contribution in [0.15, 0.2) is 0 Å². The molecule has 91 heavy (non-hydrogen) atoms. The number of hydrogen-bond acceptors (Lipinski definition) is 15. The Kier molecular flexibility index (Phi) is 60.3. The second-order valence-electron chi connectivity index (χ2n) is 27.6. The summed E-state index contributed by atoms with van der Waals surface area (Å²) in [5, 5.41) is 10.6. The van der Waals surface area contributed by atoms with Gasteiger partial charge in [0.15, 0.2) is 12.2 Å². The Balaban J connectivity index is 5.22. The van der Waals surface area contributed by atoms with Gasteiger partial charge >= 0.3 is 39.5 Å². The van der Waals surface area contributed by atoms with Crippen LogP contribution in [0.4, 0.5) is 0 Å². The molecule has 0 bridgehead atoms. The maximum atomic E-state index is 13.0. The standard InChI is InChI=1S/C72H140O17P2/c1-9-65(8)51-43-35-30-31-37-45-53-70(75)83-59-68(89-71(76)54-46-38-27-21-16-14-12-10-11-13-15-19-24-32-40-48-62(2)3)61-87-91(80,81)85-57-66(73)56-84-90(78,79)86-60-67(58-82-69(74)52-44-36-29-23-26-34-42-50-64(6)7)88-72(77)55-47-39-28-22-18-17-20-25-33-41-49-63(4)5/h62-68,73H,9-61H2,1-8H3,(H,78,79)(H,80,81)/t65?,66?,67-,68-/m1/s1. The molecular formula is C72H140O17P2. The third-order valence-corrected chi connectivity index (χ3v) is 18.8. The van der Waals surface area contributed by atoms with Crippen molar-refractivity contribution in [3.05, 3.63) is 0 Å². The predicted octanol–water partition coefficient (Wildman–Crippen LogP) is 20.5. The van der Waals surface area contributed by atoms with E-state index >= 15 is 0 Å². The average Bonchev–Trinajstić information content (AvgIpc) is 3.33. The number of aliphatic hydroxyl groups is 1. The van der Waals surface area contributed by atoms with E-state index in [9.17, 15) is 43.2 Å². The van der Waals surface area contributed by atoms with Crippen molar-refractivity contribution >= 4 is 39.5 Å². The summed E-state index contributed by atoms with van der Waals surface area (Å²) in [6.07, 6.45) is 44.6. The summed E-state index contributed by atoms with van der Waals surface area (Å²) < 4.78 is 68.3. The van der Waals surface area contributed by atoms with E-state index in [0.29, 0.717) is 31.6 Å². The number of carbonyl (C=O) groups excluding carboxylic acids is 4. The summed E-state index contributed by atoms with van der Waals surface area (Å²) in [4.78, 5) is 72.6. The first-order valence-electron chi connectivity index (χ1n) is 37.2. The topological polar surface area (TPSA) is 237 Å². The molecule has 0 aromatic carbocycles. The molecule has 0 fully saturated rings. The van der Waals surface area contributed by atoms with Crippen molar-refractivity contribution in [1.29, 1.82) is 0 Å². The van der Waals surface area contributed by atoms with Crippen molar-refractivity contribution in [3.63, 3.8) is 0 Å².